The third-order valence-corrected chi connectivity index (χ3v) is 3.58. The van der Waals surface area contributed by atoms with Crippen molar-refractivity contribution < 1.29 is 23.5 Å². The Morgan fingerprint density at radius 1 is 1.12 bits per heavy atom. The number of carbonyl (C=O) groups is 1. The van der Waals surface area contributed by atoms with Crippen LogP contribution < -0.4 is 5.48 Å². The van der Waals surface area contributed by atoms with E-state index in [4.69, 9.17) is 14.3 Å². The number of benzene rings is 2. The summed E-state index contributed by atoms with van der Waals surface area (Å²) in [6.45, 7) is 1.88. The molecule has 1 aliphatic rings. The van der Waals surface area contributed by atoms with Gasteiger partial charge in [0.2, 0.25) is 5.88 Å². The van der Waals surface area contributed by atoms with Crippen molar-refractivity contribution in [2.45, 2.75) is 12.5 Å². The molecular weight excluding hydrogens is 313 g/mol. The van der Waals surface area contributed by atoms with Gasteiger partial charge < -0.3 is 9.47 Å². The maximum absolute atomic E-state index is 13.3. The molecule has 1 unspecified atom stereocenters. The minimum absolute atomic E-state index is 0.113. The molecule has 6 heteroatoms. The van der Waals surface area contributed by atoms with E-state index in [2.05, 4.69) is 5.48 Å². The van der Waals surface area contributed by atoms with Crippen LogP contribution in [0, 0.1) is 5.82 Å². The normalized spacial score (nSPS) is 19.3. The van der Waals surface area contributed by atoms with E-state index < -0.39 is 11.8 Å². The monoisotopic (exact) mass is 329 g/mol. The van der Waals surface area contributed by atoms with Gasteiger partial charge in [0, 0.05) is 6.08 Å². The fraction of sp³-hybridized carbons (Fsp3) is 0.167. The minimum atomic E-state index is -1.04. The summed E-state index contributed by atoms with van der Waals surface area (Å²) in [5.74, 6) is -0.235. The summed E-state index contributed by atoms with van der Waals surface area (Å²) >= 11 is 0. The molecule has 2 aromatic rings. The fourth-order valence-electron chi connectivity index (χ4n) is 2.50. The average Bonchev–Trinajstić information content (AvgIpc) is 3.01. The fourth-order valence-corrected chi connectivity index (χ4v) is 2.50. The van der Waals surface area contributed by atoms with Gasteiger partial charge >= 0.3 is 6.16 Å². The van der Waals surface area contributed by atoms with Crippen LogP contribution in [-0.2, 0) is 19.9 Å². The maximum atomic E-state index is 13.3. The quantitative estimate of drug-likeness (QED) is 0.868. The van der Waals surface area contributed by atoms with Gasteiger partial charge in [-0.1, -0.05) is 42.5 Å². The molecule has 0 radical (unpaired) electrons. The first-order valence-electron chi connectivity index (χ1n) is 7.47. The molecule has 1 atom stereocenters. The van der Waals surface area contributed by atoms with Crippen LogP contribution in [0.3, 0.4) is 0 Å². The van der Waals surface area contributed by atoms with Crippen molar-refractivity contribution in [1.82, 2.24) is 5.48 Å². The number of nitrogens with one attached hydrogen (secondary N) is 1. The number of halogens is 1. The number of hydroxylamine groups is 1. The van der Waals surface area contributed by atoms with Crippen molar-refractivity contribution in [3.63, 3.8) is 0 Å². The van der Waals surface area contributed by atoms with Crippen molar-refractivity contribution >= 4 is 6.16 Å². The van der Waals surface area contributed by atoms with Gasteiger partial charge in [0.25, 0.3) is 0 Å². The Morgan fingerprint density at radius 2 is 1.79 bits per heavy atom. The van der Waals surface area contributed by atoms with Crippen molar-refractivity contribution in [1.29, 1.82) is 0 Å². The van der Waals surface area contributed by atoms with Crippen molar-refractivity contribution in [2.75, 3.05) is 6.61 Å². The molecule has 1 heterocycles. The highest BCUT2D eigenvalue weighted by molar-refractivity contribution is 5.61. The van der Waals surface area contributed by atoms with Gasteiger partial charge in [-0.3, -0.25) is 4.84 Å². The molecule has 0 saturated carbocycles. The lowest BCUT2D eigenvalue weighted by Crippen LogP contribution is -2.28. The molecule has 3 rings (SSSR count). The number of carbonyl (C=O) groups excluding carboxylic acids is 1. The lowest BCUT2D eigenvalue weighted by Gasteiger charge is -2.26. The van der Waals surface area contributed by atoms with E-state index in [9.17, 15) is 9.18 Å². The Bertz CT molecular complexity index is 745. The summed E-state index contributed by atoms with van der Waals surface area (Å²) in [5.41, 5.74) is 3.03. The van der Waals surface area contributed by atoms with E-state index in [0.717, 1.165) is 5.56 Å². The highest BCUT2D eigenvalue weighted by Crippen LogP contribution is 2.38. The van der Waals surface area contributed by atoms with Gasteiger partial charge in [0.1, 0.15) is 5.82 Å². The molecular formula is C18H16FNO4. The third kappa shape index (κ3) is 3.09. The number of rotatable bonds is 4. The van der Waals surface area contributed by atoms with Crippen molar-refractivity contribution in [3.05, 3.63) is 83.5 Å². The molecule has 0 spiro atoms. The molecule has 124 valence electrons. The van der Waals surface area contributed by atoms with Gasteiger partial charge in [-0.2, -0.15) is 0 Å². The van der Waals surface area contributed by atoms with Gasteiger partial charge in [-0.25, -0.2) is 14.7 Å². The summed E-state index contributed by atoms with van der Waals surface area (Å²) in [6, 6.07) is 15.3. The Morgan fingerprint density at radius 3 is 2.46 bits per heavy atom. The van der Waals surface area contributed by atoms with Crippen LogP contribution in [-0.4, -0.2) is 12.8 Å². The van der Waals surface area contributed by atoms with E-state index in [0.29, 0.717) is 5.56 Å². The topological polar surface area (TPSA) is 56.8 Å². The van der Waals surface area contributed by atoms with Crippen LogP contribution in [0.15, 0.2) is 66.6 Å². The summed E-state index contributed by atoms with van der Waals surface area (Å²) in [7, 11) is 0. The summed E-state index contributed by atoms with van der Waals surface area (Å²) in [5, 5.41) is 0. The van der Waals surface area contributed by atoms with E-state index in [1.54, 1.807) is 25.1 Å². The molecule has 0 aliphatic carbocycles. The molecule has 0 aromatic heterocycles. The van der Waals surface area contributed by atoms with Crippen LogP contribution >= 0.6 is 0 Å². The van der Waals surface area contributed by atoms with Gasteiger partial charge in [0.05, 0.1) is 6.61 Å². The molecule has 5 nitrogen and oxygen atoms in total. The second-order valence-corrected chi connectivity index (χ2v) is 5.11. The van der Waals surface area contributed by atoms with Crippen LogP contribution in [0.4, 0.5) is 9.18 Å². The predicted octanol–water partition coefficient (Wildman–Crippen LogP) is 3.62. The summed E-state index contributed by atoms with van der Waals surface area (Å²) < 4.78 is 23.1. The molecule has 0 bridgehead atoms. The maximum Gasteiger partial charge on any atom is 0.515 e. The number of hydrogen-bond donors (Lipinski definition) is 1. The second kappa shape index (κ2) is 6.72. The first kappa shape index (κ1) is 16.0. The van der Waals surface area contributed by atoms with Gasteiger partial charge in [-0.05, 0) is 30.2 Å². The standard InChI is InChI=1S/C18H16FNO4/c1-2-22-17(21)23-16-12-18(24-20-16,13-6-4-3-5-7-13)14-8-10-15(19)11-9-14/h3-12,20H,2H2,1H3. The lowest BCUT2D eigenvalue weighted by molar-refractivity contribution is -0.0337. The zero-order valence-corrected chi connectivity index (χ0v) is 13.0. The molecule has 0 fully saturated rings. The minimum Gasteiger partial charge on any atom is -0.434 e. The largest absolute Gasteiger partial charge is 0.515 e. The third-order valence-electron chi connectivity index (χ3n) is 3.58. The molecule has 0 saturated heterocycles. The Kier molecular flexibility index (Phi) is 4.48. The first-order chi connectivity index (χ1) is 11.6. The Labute approximate surface area is 138 Å². The van der Waals surface area contributed by atoms with Crippen LogP contribution in [0.2, 0.25) is 0 Å². The average molecular weight is 329 g/mol. The zero-order chi connectivity index (χ0) is 17.0. The zero-order valence-electron chi connectivity index (χ0n) is 13.0. The van der Waals surface area contributed by atoms with Crippen molar-refractivity contribution in [2.24, 2.45) is 0 Å². The molecule has 1 aliphatic heterocycles. The highest BCUT2D eigenvalue weighted by atomic mass is 19.1. The van der Waals surface area contributed by atoms with E-state index in [1.165, 1.54) is 12.1 Å². The first-order valence-corrected chi connectivity index (χ1v) is 7.47. The molecule has 1 N–H and O–H groups in total. The van der Waals surface area contributed by atoms with Crippen molar-refractivity contribution in [3.8, 4) is 0 Å². The number of hydrogen-bond acceptors (Lipinski definition) is 5. The molecule has 2 aromatic carbocycles. The van der Waals surface area contributed by atoms with E-state index in [1.807, 2.05) is 30.3 Å². The Balaban J connectivity index is 2.00. The van der Waals surface area contributed by atoms with Crippen LogP contribution in [0.5, 0.6) is 0 Å². The SMILES string of the molecule is CCOC(=O)OC1=CC(c2ccccc2)(c2ccc(F)cc2)ON1. The smallest absolute Gasteiger partial charge is 0.434 e. The highest BCUT2D eigenvalue weighted by Gasteiger charge is 2.40. The van der Waals surface area contributed by atoms with Crippen LogP contribution in [0.25, 0.3) is 0 Å². The van der Waals surface area contributed by atoms with Crippen LogP contribution in [0.1, 0.15) is 18.1 Å². The molecule has 24 heavy (non-hydrogen) atoms. The van der Waals surface area contributed by atoms with Gasteiger partial charge in [0.15, 0.2) is 5.60 Å². The van der Waals surface area contributed by atoms with Gasteiger partial charge in [-0.15, -0.1) is 0 Å². The molecule has 0 amide bonds. The second-order valence-electron chi connectivity index (χ2n) is 5.11. The number of ether oxygens (including phenoxy) is 2. The van der Waals surface area contributed by atoms with E-state index in [-0.39, 0.29) is 18.3 Å². The summed E-state index contributed by atoms with van der Waals surface area (Å²) in [4.78, 5) is 17.2. The lowest BCUT2D eigenvalue weighted by atomic mass is 9.86. The Hall–Kier alpha value is -2.86. The summed E-state index contributed by atoms with van der Waals surface area (Å²) in [6.07, 6.45) is 0.787. The predicted molar refractivity (Wildman–Crippen MR) is 84.0 cm³/mol. The van der Waals surface area contributed by atoms with E-state index >= 15 is 0 Å².